The zero-order chi connectivity index (χ0) is 20.1. The summed E-state index contributed by atoms with van der Waals surface area (Å²) in [7, 11) is 0. The fraction of sp³-hybridized carbons (Fsp3) is 0.619. The second-order valence-electron chi connectivity index (χ2n) is 6.67. The summed E-state index contributed by atoms with van der Waals surface area (Å²) < 4.78 is 6.05. The molecule has 0 aliphatic heterocycles. The highest BCUT2D eigenvalue weighted by atomic mass is 127. The van der Waals surface area contributed by atoms with E-state index in [0.29, 0.717) is 25.5 Å². The molecular weight excluding hydrogens is 467 g/mol. The molecule has 0 aromatic heterocycles. The molecule has 0 aliphatic rings. The molecule has 1 amide bonds. The molecule has 160 valence electrons. The van der Waals surface area contributed by atoms with Gasteiger partial charge in [0.15, 0.2) is 5.96 Å². The monoisotopic (exact) mass is 504 g/mol. The lowest BCUT2D eigenvalue weighted by atomic mass is 10.1. The number of hydrogen-bond donors (Lipinski definition) is 3. The number of guanidine groups is 1. The van der Waals surface area contributed by atoms with E-state index < -0.39 is 0 Å². The lowest BCUT2D eigenvalue weighted by Gasteiger charge is -2.17. The predicted octanol–water partition coefficient (Wildman–Crippen LogP) is 3.76. The Morgan fingerprint density at radius 1 is 1.14 bits per heavy atom. The first-order valence-corrected chi connectivity index (χ1v) is 10.0. The van der Waals surface area contributed by atoms with Crippen molar-refractivity contribution < 1.29 is 9.53 Å². The maximum Gasteiger partial charge on any atom is 0.221 e. The van der Waals surface area contributed by atoms with E-state index in [-0.39, 0.29) is 36.0 Å². The summed E-state index contributed by atoms with van der Waals surface area (Å²) in [4.78, 5) is 16.3. The van der Waals surface area contributed by atoms with Crippen LogP contribution in [0.2, 0.25) is 0 Å². The number of nitrogens with zero attached hydrogens (tertiary/aromatic N) is 1. The van der Waals surface area contributed by atoms with E-state index in [1.807, 2.05) is 13.8 Å². The topological polar surface area (TPSA) is 74.8 Å². The number of halogens is 1. The maximum absolute atomic E-state index is 11.7. The lowest BCUT2D eigenvalue weighted by Crippen LogP contribution is -2.39. The third-order valence-corrected chi connectivity index (χ3v) is 4.09. The van der Waals surface area contributed by atoms with Gasteiger partial charge >= 0.3 is 0 Å². The van der Waals surface area contributed by atoms with Gasteiger partial charge in [0.25, 0.3) is 0 Å². The number of carbonyl (C=O) groups excluding carboxylic acids is 1. The van der Waals surface area contributed by atoms with Crippen LogP contribution in [0.15, 0.2) is 23.2 Å². The Labute approximate surface area is 187 Å². The summed E-state index contributed by atoms with van der Waals surface area (Å²) in [5, 5.41) is 9.31. The van der Waals surface area contributed by atoms with Gasteiger partial charge in [-0.3, -0.25) is 4.79 Å². The molecule has 7 heteroatoms. The van der Waals surface area contributed by atoms with Gasteiger partial charge in [-0.15, -0.1) is 24.0 Å². The lowest BCUT2D eigenvalue weighted by molar-refractivity contribution is -0.120. The summed E-state index contributed by atoms with van der Waals surface area (Å²) >= 11 is 0. The number of hydrogen-bond acceptors (Lipinski definition) is 3. The fourth-order valence-electron chi connectivity index (χ4n) is 2.36. The van der Waals surface area contributed by atoms with E-state index in [4.69, 9.17) is 4.74 Å². The summed E-state index contributed by atoms with van der Waals surface area (Å²) in [5.41, 5.74) is 2.22. The molecule has 0 saturated heterocycles. The minimum absolute atomic E-state index is 0. The van der Waals surface area contributed by atoms with Crippen molar-refractivity contribution in [2.45, 2.75) is 66.5 Å². The van der Waals surface area contributed by atoms with Gasteiger partial charge in [0.1, 0.15) is 5.75 Å². The van der Waals surface area contributed by atoms with Crippen LogP contribution in [-0.2, 0) is 11.3 Å². The Morgan fingerprint density at radius 2 is 1.89 bits per heavy atom. The molecule has 0 saturated carbocycles. The maximum atomic E-state index is 11.7. The fourth-order valence-corrected chi connectivity index (χ4v) is 2.36. The van der Waals surface area contributed by atoms with Crippen molar-refractivity contribution in [1.82, 2.24) is 16.0 Å². The largest absolute Gasteiger partial charge is 0.490 e. The molecule has 0 bridgehead atoms. The molecule has 0 fully saturated rings. The number of aliphatic imine (C=N–C) groups is 1. The molecular formula is C21H37IN4O2. The molecule has 0 radical (unpaired) electrons. The van der Waals surface area contributed by atoms with Gasteiger partial charge in [-0.25, -0.2) is 4.99 Å². The summed E-state index contributed by atoms with van der Waals surface area (Å²) in [6.07, 6.45) is 2.50. The molecule has 28 heavy (non-hydrogen) atoms. The Hall–Kier alpha value is -1.51. The minimum Gasteiger partial charge on any atom is -0.490 e. The SMILES string of the molecule is CCCNC(=O)CCNC(=NCc1ccc(C)cc1OC(C)CC)NCC.I. The highest BCUT2D eigenvalue weighted by Crippen LogP contribution is 2.23. The number of carbonyl (C=O) groups is 1. The van der Waals surface area contributed by atoms with E-state index in [0.717, 1.165) is 37.2 Å². The van der Waals surface area contributed by atoms with Crippen molar-refractivity contribution >= 4 is 35.8 Å². The van der Waals surface area contributed by atoms with Crippen LogP contribution in [0, 0.1) is 6.92 Å². The van der Waals surface area contributed by atoms with Gasteiger partial charge in [-0.1, -0.05) is 26.0 Å². The van der Waals surface area contributed by atoms with Gasteiger partial charge in [-0.05, 0) is 45.2 Å². The molecule has 6 nitrogen and oxygen atoms in total. The zero-order valence-electron chi connectivity index (χ0n) is 17.9. The average molecular weight is 504 g/mol. The highest BCUT2D eigenvalue weighted by Gasteiger charge is 2.08. The number of aryl methyl sites for hydroxylation is 1. The molecule has 1 aromatic rings. The number of amides is 1. The molecule has 0 heterocycles. The molecule has 0 spiro atoms. The van der Waals surface area contributed by atoms with Crippen LogP contribution in [0.3, 0.4) is 0 Å². The van der Waals surface area contributed by atoms with E-state index >= 15 is 0 Å². The predicted molar refractivity (Wildman–Crippen MR) is 128 cm³/mol. The highest BCUT2D eigenvalue weighted by molar-refractivity contribution is 14.0. The van der Waals surface area contributed by atoms with Crippen molar-refractivity contribution in [3.63, 3.8) is 0 Å². The Balaban J connectivity index is 0.00000729. The number of ether oxygens (including phenoxy) is 1. The Morgan fingerprint density at radius 3 is 2.54 bits per heavy atom. The van der Waals surface area contributed by atoms with Crippen LogP contribution in [0.25, 0.3) is 0 Å². The zero-order valence-corrected chi connectivity index (χ0v) is 20.3. The van der Waals surface area contributed by atoms with Crippen LogP contribution in [0.5, 0.6) is 5.75 Å². The molecule has 1 atom stereocenters. The van der Waals surface area contributed by atoms with Crippen LogP contribution in [0.1, 0.15) is 58.1 Å². The van der Waals surface area contributed by atoms with E-state index in [9.17, 15) is 4.79 Å². The summed E-state index contributed by atoms with van der Waals surface area (Å²) in [5.74, 6) is 1.65. The van der Waals surface area contributed by atoms with E-state index in [2.05, 4.69) is 59.9 Å². The van der Waals surface area contributed by atoms with Crippen molar-refractivity contribution in [1.29, 1.82) is 0 Å². The minimum atomic E-state index is 0. The number of nitrogens with one attached hydrogen (secondary N) is 3. The Bertz CT molecular complexity index is 608. The van der Waals surface area contributed by atoms with Gasteiger partial charge < -0.3 is 20.7 Å². The van der Waals surface area contributed by atoms with E-state index in [1.165, 1.54) is 5.56 Å². The molecule has 0 aliphatic carbocycles. The molecule has 1 unspecified atom stereocenters. The van der Waals surface area contributed by atoms with Gasteiger partial charge in [-0.2, -0.15) is 0 Å². The van der Waals surface area contributed by atoms with Gasteiger partial charge in [0.2, 0.25) is 5.91 Å². The Kier molecular flexibility index (Phi) is 14.6. The number of benzene rings is 1. The summed E-state index contributed by atoms with van der Waals surface area (Å²) in [6.45, 7) is 12.9. The van der Waals surface area contributed by atoms with E-state index in [1.54, 1.807) is 0 Å². The van der Waals surface area contributed by atoms with Crippen molar-refractivity contribution in [2.75, 3.05) is 19.6 Å². The first-order chi connectivity index (χ1) is 13.0. The molecule has 3 N–H and O–H groups in total. The molecule has 1 rings (SSSR count). The normalized spacial score (nSPS) is 12.0. The van der Waals surface area contributed by atoms with Crippen molar-refractivity contribution in [3.8, 4) is 5.75 Å². The van der Waals surface area contributed by atoms with Crippen molar-refractivity contribution in [2.24, 2.45) is 4.99 Å². The van der Waals surface area contributed by atoms with Crippen LogP contribution in [-0.4, -0.2) is 37.6 Å². The first kappa shape index (κ1) is 26.5. The quantitative estimate of drug-likeness (QED) is 0.244. The smallest absolute Gasteiger partial charge is 0.221 e. The van der Waals surface area contributed by atoms with Crippen LogP contribution < -0.4 is 20.7 Å². The third-order valence-electron chi connectivity index (χ3n) is 4.09. The van der Waals surface area contributed by atoms with Crippen LogP contribution in [0.4, 0.5) is 0 Å². The standard InChI is InChI=1S/C21H36N4O2.HI/c1-6-12-23-20(26)11-13-24-21(22-8-3)25-15-18-10-9-16(4)14-19(18)27-17(5)7-2;/h9-10,14,17H,6-8,11-13,15H2,1-5H3,(H,23,26)(H2,22,24,25);1H. The molecule has 1 aromatic carbocycles. The van der Waals surface area contributed by atoms with Crippen LogP contribution >= 0.6 is 24.0 Å². The van der Waals surface area contributed by atoms with Crippen molar-refractivity contribution in [3.05, 3.63) is 29.3 Å². The second kappa shape index (κ2) is 15.4. The number of rotatable bonds is 11. The second-order valence-corrected chi connectivity index (χ2v) is 6.67. The summed E-state index contributed by atoms with van der Waals surface area (Å²) in [6, 6.07) is 6.21. The third kappa shape index (κ3) is 10.7. The first-order valence-electron chi connectivity index (χ1n) is 10.0. The average Bonchev–Trinajstić information content (AvgIpc) is 2.65. The van der Waals surface area contributed by atoms with Gasteiger partial charge in [0, 0.05) is 31.6 Å². The van der Waals surface area contributed by atoms with Gasteiger partial charge in [0.05, 0.1) is 12.6 Å².